The van der Waals surface area contributed by atoms with Crippen molar-refractivity contribution in [2.24, 2.45) is 0 Å². The maximum absolute atomic E-state index is 12.7. The molecule has 1 atom stereocenters. The average molecular weight is 458 g/mol. The highest BCUT2D eigenvalue weighted by Gasteiger charge is 2.37. The number of nitrogens with one attached hydrogen (secondary N) is 1. The lowest BCUT2D eigenvalue weighted by molar-refractivity contribution is -0.116. The van der Waals surface area contributed by atoms with Crippen molar-refractivity contribution in [3.05, 3.63) is 57.4 Å². The lowest BCUT2D eigenvalue weighted by Gasteiger charge is -2.20. The van der Waals surface area contributed by atoms with Crippen molar-refractivity contribution in [3.63, 3.8) is 0 Å². The third-order valence-corrected chi connectivity index (χ3v) is 4.57. The SMILES string of the molecule is O=C(C#Cc1ccc(-c2nnc(CO)o2)cc1Cl)NC1C=C(Cl)C(C(F)(F)F)=CC1. The number of hydrogen-bond donors (Lipinski definition) is 2. The third-order valence-electron chi connectivity index (χ3n) is 3.93. The fourth-order valence-electron chi connectivity index (χ4n) is 2.54. The van der Waals surface area contributed by atoms with E-state index in [0.29, 0.717) is 11.1 Å². The van der Waals surface area contributed by atoms with E-state index in [1.54, 1.807) is 6.07 Å². The van der Waals surface area contributed by atoms with E-state index in [1.807, 2.05) is 0 Å². The monoisotopic (exact) mass is 457 g/mol. The van der Waals surface area contributed by atoms with Gasteiger partial charge in [0.05, 0.1) is 21.7 Å². The number of carbonyl (C=O) groups excluding carboxylic acids is 1. The standard InChI is InChI=1S/C19H12Cl2F3N3O3/c20-14-7-11(18-27-26-17(9-28)30-18)2-1-10(14)3-6-16(29)25-12-4-5-13(15(21)8-12)19(22,23)24/h1-2,5,7-8,12,28H,4,9H2,(H,25,29). The van der Waals surface area contributed by atoms with Crippen LogP contribution in [0.4, 0.5) is 13.2 Å². The molecule has 0 aliphatic heterocycles. The van der Waals surface area contributed by atoms with E-state index < -0.39 is 35.3 Å². The van der Waals surface area contributed by atoms with Crippen LogP contribution >= 0.6 is 23.2 Å². The molecular weight excluding hydrogens is 446 g/mol. The third kappa shape index (κ3) is 5.21. The minimum Gasteiger partial charge on any atom is -0.418 e. The zero-order valence-electron chi connectivity index (χ0n) is 14.9. The molecule has 1 aromatic carbocycles. The van der Waals surface area contributed by atoms with Gasteiger partial charge in [0.25, 0.3) is 5.91 Å². The van der Waals surface area contributed by atoms with Gasteiger partial charge in [-0.3, -0.25) is 4.79 Å². The zero-order valence-corrected chi connectivity index (χ0v) is 16.4. The van der Waals surface area contributed by atoms with Gasteiger partial charge in [-0.1, -0.05) is 35.2 Å². The number of amides is 1. The number of carbonyl (C=O) groups is 1. The Kier molecular flexibility index (Phi) is 6.51. The summed E-state index contributed by atoms with van der Waals surface area (Å²) in [6.07, 6.45) is -2.56. The first-order valence-corrected chi connectivity index (χ1v) is 9.13. The van der Waals surface area contributed by atoms with E-state index >= 15 is 0 Å². The van der Waals surface area contributed by atoms with Gasteiger partial charge in [-0.25, -0.2) is 0 Å². The van der Waals surface area contributed by atoms with Gasteiger partial charge in [0.1, 0.15) is 6.61 Å². The first-order chi connectivity index (χ1) is 14.2. The molecular formula is C19H12Cl2F3N3O3. The second kappa shape index (κ2) is 8.92. The number of aliphatic hydroxyl groups is 1. The van der Waals surface area contributed by atoms with Gasteiger partial charge in [-0.15, -0.1) is 10.2 Å². The summed E-state index contributed by atoms with van der Waals surface area (Å²) >= 11 is 11.8. The van der Waals surface area contributed by atoms with Crippen LogP contribution in [0.25, 0.3) is 11.5 Å². The first-order valence-electron chi connectivity index (χ1n) is 8.38. The van der Waals surface area contributed by atoms with Crippen molar-refractivity contribution >= 4 is 29.1 Å². The van der Waals surface area contributed by atoms with Crippen LogP contribution < -0.4 is 5.32 Å². The molecule has 0 radical (unpaired) electrons. The fraction of sp³-hybridized carbons (Fsp3) is 0.211. The molecule has 6 nitrogen and oxygen atoms in total. The van der Waals surface area contributed by atoms with Crippen molar-refractivity contribution in [1.82, 2.24) is 15.5 Å². The van der Waals surface area contributed by atoms with Gasteiger partial charge in [-0.05, 0) is 30.7 Å². The second-order valence-electron chi connectivity index (χ2n) is 6.05. The summed E-state index contributed by atoms with van der Waals surface area (Å²) < 4.78 is 43.4. The van der Waals surface area contributed by atoms with E-state index in [4.69, 9.17) is 32.7 Å². The van der Waals surface area contributed by atoms with Crippen molar-refractivity contribution in [3.8, 4) is 23.3 Å². The van der Waals surface area contributed by atoms with E-state index in [0.717, 1.165) is 12.2 Å². The van der Waals surface area contributed by atoms with Crippen molar-refractivity contribution in [2.75, 3.05) is 0 Å². The van der Waals surface area contributed by atoms with Gasteiger partial charge in [0.15, 0.2) is 0 Å². The minimum atomic E-state index is -4.55. The fourth-order valence-corrected chi connectivity index (χ4v) is 3.10. The van der Waals surface area contributed by atoms with Crippen molar-refractivity contribution in [1.29, 1.82) is 0 Å². The van der Waals surface area contributed by atoms with Gasteiger partial charge in [-0.2, -0.15) is 13.2 Å². The number of halogens is 5. The van der Waals surface area contributed by atoms with Gasteiger partial charge in [0.2, 0.25) is 11.8 Å². The van der Waals surface area contributed by atoms with E-state index in [1.165, 1.54) is 12.1 Å². The number of aliphatic hydroxyl groups excluding tert-OH is 1. The second-order valence-corrected chi connectivity index (χ2v) is 6.86. The maximum atomic E-state index is 12.7. The van der Waals surface area contributed by atoms with Crippen molar-refractivity contribution < 1.29 is 27.5 Å². The number of rotatable bonds is 3. The molecule has 0 bridgehead atoms. The van der Waals surface area contributed by atoms with Crippen LogP contribution in [0.2, 0.25) is 5.02 Å². The van der Waals surface area contributed by atoms with E-state index in [2.05, 4.69) is 27.4 Å². The molecule has 1 amide bonds. The van der Waals surface area contributed by atoms with Crippen molar-refractivity contribution in [2.45, 2.75) is 25.2 Å². The largest absolute Gasteiger partial charge is 0.418 e. The Hall–Kier alpha value is -2.80. The first kappa shape index (κ1) is 21.9. The topological polar surface area (TPSA) is 88.2 Å². The Morgan fingerprint density at radius 1 is 1.33 bits per heavy atom. The Labute approximate surface area is 178 Å². The van der Waals surface area contributed by atoms with Crippen LogP contribution in [0.3, 0.4) is 0 Å². The highest BCUT2D eigenvalue weighted by atomic mass is 35.5. The van der Waals surface area contributed by atoms with Crippen LogP contribution in [0.15, 0.2) is 45.4 Å². The maximum Gasteiger partial charge on any atom is 0.417 e. The average Bonchev–Trinajstić information content (AvgIpc) is 3.15. The highest BCUT2D eigenvalue weighted by molar-refractivity contribution is 6.32. The molecule has 0 saturated heterocycles. The van der Waals surface area contributed by atoms with Crippen LogP contribution in [0.5, 0.6) is 0 Å². The minimum absolute atomic E-state index is 0.0516. The molecule has 30 heavy (non-hydrogen) atoms. The molecule has 2 N–H and O–H groups in total. The summed E-state index contributed by atoms with van der Waals surface area (Å²) in [6.45, 7) is -0.395. The Morgan fingerprint density at radius 2 is 2.10 bits per heavy atom. The Balaban J connectivity index is 1.66. The molecule has 1 aliphatic rings. The summed E-state index contributed by atoms with van der Waals surface area (Å²) in [5.74, 6) is 4.43. The van der Waals surface area contributed by atoms with Crippen LogP contribution in [0.1, 0.15) is 17.9 Å². The normalized spacial score (nSPS) is 16.3. The molecule has 1 heterocycles. The van der Waals surface area contributed by atoms with E-state index in [-0.39, 0.29) is 23.2 Å². The quantitative estimate of drug-likeness (QED) is 0.685. The predicted octanol–water partition coefficient (Wildman–Crippen LogP) is 3.73. The van der Waals surface area contributed by atoms with Gasteiger partial charge >= 0.3 is 6.18 Å². The molecule has 2 aromatic rings. The summed E-state index contributed by atoms with van der Waals surface area (Å²) in [4.78, 5) is 12.0. The molecule has 0 spiro atoms. The van der Waals surface area contributed by atoms with Crippen LogP contribution in [-0.4, -0.2) is 33.4 Å². The number of alkyl halides is 3. The molecule has 1 unspecified atom stereocenters. The number of aromatic nitrogens is 2. The molecule has 3 rings (SSSR count). The molecule has 0 fully saturated rings. The number of allylic oxidation sites excluding steroid dienone is 2. The molecule has 11 heteroatoms. The molecule has 1 aromatic heterocycles. The van der Waals surface area contributed by atoms with E-state index in [9.17, 15) is 18.0 Å². The Bertz CT molecular complexity index is 1100. The molecule has 0 saturated carbocycles. The number of benzene rings is 1. The van der Waals surface area contributed by atoms with Gasteiger partial charge in [0, 0.05) is 17.0 Å². The lowest BCUT2D eigenvalue weighted by atomic mass is 10.0. The Morgan fingerprint density at radius 3 is 2.70 bits per heavy atom. The summed E-state index contributed by atoms with van der Waals surface area (Å²) in [5.41, 5.74) is -0.0923. The predicted molar refractivity (Wildman–Crippen MR) is 102 cm³/mol. The summed E-state index contributed by atoms with van der Waals surface area (Å²) in [6, 6.07) is 3.93. The summed E-state index contributed by atoms with van der Waals surface area (Å²) in [7, 11) is 0. The smallest absolute Gasteiger partial charge is 0.417 e. The summed E-state index contributed by atoms with van der Waals surface area (Å²) in [5, 5.41) is 18.6. The zero-order chi connectivity index (χ0) is 21.9. The van der Waals surface area contributed by atoms with Crippen LogP contribution in [-0.2, 0) is 11.4 Å². The van der Waals surface area contributed by atoms with Crippen LogP contribution in [0, 0.1) is 11.8 Å². The highest BCUT2D eigenvalue weighted by Crippen LogP contribution is 2.36. The molecule has 156 valence electrons. The van der Waals surface area contributed by atoms with Gasteiger partial charge < -0.3 is 14.8 Å². The lowest BCUT2D eigenvalue weighted by Crippen LogP contribution is -2.34. The number of nitrogens with zero attached hydrogens (tertiary/aromatic N) is 2. The molecule has 1 aliphatic carbocycles. The number of hydrogen-bond acceptors (Lipinski definition) is 5.